The van der Waals surface area contributed by atoms with Crippen molar-refractivity contribution in [3.8, 4) is 28.6 Å². The number of nitrogens with one attached hydrogen (secondary N) is 1. The SMILES string of the molecule is Cc1cc(-c2nc(-c3cc(C)c(OC[C@@H](O)CNC(=O)CO)c(C)c3)no2)ccc1CN(C)C. The Morgan fingerprint density at radius 3 is 2.41 bits per heavy atom. The van der Waals surface area contributed by atoms with Gasteiger partial charge in [0, 0.05) is 24.2 Å². The van der Waals surface area contributed by atoms with Crippen molar-refractivity contribution in [1.82, 2.24) is 20.4 Å². The topological polar surface area (TPSA) is 121 Å². The van der Waals surface area contributed by atoms with E-state index in [1.807, 2.05) is 46.1 Å². The standard InChI is InChI=1S/C25H32N4O5/c1-15-8-18(6-7-19(15)12-29(4)5)25-27-24(28-34-25)20-9-16(2)23(17(3)10-20)33-14-21(31)11-26-22(32)13-30/h6-10,21,30-31H,11-14H2,1-5H3,(H,26,32)/t21-/m0/s1. The molecule has 0 aliphatic carbocycles. The van der Waals surface area contributed by atoms with Crippen molar-refractivity contribution in [3.63, 3.8) is 0 Å². The van der Waals surface area contributed by atoms with Crippen LogP contribution in [-0.4, -0.2) is 71.1 Å². The molecular formula is C25H32N4O5. The lowest BCUT2D eigenvalue weighted by molar-refractivity contribution is -0.124. The number of aliphatic hydroxyl groups is 2. The summed E-state index contributed by atoms with van der Waals surface area (Å²) in [7, 11) is 4.08. The summed E-state index contributed by atoms with van der Waals surface area (Å²) >= 11 is 0. The van der Waals surface area contributed by atoms with Gasteiger partial charge in [0.15, 0.2) is 0 Å². The van der Waals surface area contributed by atoms with Gasteiger partial charge in [-0.05, 0) is 81.4 Å². The van der Waals surface area contributed by atoms with Crippen LogP contribution in [0.4, 0.5) is 0 Å². The van der Waals surface area contributed by atoms with Gasteiger partial charge in [-0.25, -0.2) is 0 Å². The highest BCUT2D eigenvalue weighted by Crippen LogP contribution is 2.30. The van der Waals surface area contributed by atoms with Gasteiger partial charge in [-0.15, -0.1) is 0 Å². The minimum atomic E-state index is -0.902. The van der Waals surface area contributed by atoms with Crippen molar-refractivity contribution in [3.05, 3.63) is 52.6 Å². The number of hydrogen-bond acceptors (Lipinski definition) is 8. The zero-order valence-corrected chi connectivity index (χ0v) is 20.3. The molecule has 0 aliphatic heterocycles. The third-order valence-electron chi connectivity index (χ3n) is 5.32. The number of carbonyl (C=O) groups is 1. The summed E-state index contributed by atoms with van der Waals surface area (Å²) in [6, 6.07) is 9.94. The van der Waals surface area contributed by atoms with E-state index in [9.17, 15) is 9.90 Å². The van der Waals surface area contributed by atoms with Crippen LogP contribution in [0.1, 0.15) is 22.3 Å². The van der Waals surface area contributed by atoms with Crippen LogP contribution in [0.5, 0.6) is 5.75 Å². The molecule has 0 aliphatic rings. The van der Waals surface area contributed by atoms with Crippen LogP contribution in [0.3, 0.4) is 0 Å². The summed E-state index contributed by atoms with van der Waals surface area (Å²) in [5.74, 6) is 1.04. The van der Waals surface area contributed by atoms with E-state index in [0.717, 1.165) is 34.4 Å². The smallest absolute Gasteiger partial charge is 0.258 e. The van der Waals surface area contributed by atoms with Crippen molar-refractivity contribution in [1.29, 1.82) is 0 Å². The molecule has 0 saturated heterocycles. The molecule has 1 atom stereocenters. The van der Waals surface area contributed by atoms with Gasteiger partial charge in [0.2, 0.25) is 11.7 Å². The molecule has 3 aromatic rings. The number of hydrogen-bond donors (Lipinski definition) is 3. The summed E-state index contributed by atoms with van der Waals surface area (Å²) in [5, 5.41) is 25.3. The van der Waals surface area contributed by atoms with E-state index >= 15 is 0 Å². The fourth-order valence-electron chi connectivity index (χ4n) is 3.64. The van der Waals surface area contributed by atoms with Gasteiger partial charge in [-0.1, -0.05) is 11.2 Å². The van der Waals surface area contributed by atoms with E-state index < -0.39 is 18.6 Å². The number of nitrogens with zero attached hydrogens (tertiary/aromatic N) is 3. The summed E-state index contributed by atoms with van der Waals surface area (Å²) in [6.07, 6.45) is -0.902. The van der Waals surface area contributed by atoms with E-state index in [1.165, 1.54) is 5.56 Å². The van der Waals surface area contributed by atoms with E-state index in [2.05, 4.69) is 39.4 Å². The minimum absolute atomic E-state index is 0.00224. The Hall–Kier alpha value is -3.27. The average molecular weight is 469 g/mol. The molecule has 1 heterocycles. The third-order valence-corrected chi connectivity index (χ3v) is 5.32. The molecule has 0 unspecified atom stereocenters. The van der Waals surface area contributed by atoms with Gasteiger partial charge in [-0.3, -0.25) is 4.79 Å². The fraction of sp³-hybridized carbons (Fsp3) is 0.400. The highest BCUT2D eigenvalue weighted by Gasteiger charge is 2.16. The zero-order chi connectivity index (χ0) is 24.8. The molecule has 1 aromatic heterocycles. The predicted molar refractivity (Wildman–Crippen MR) is 128 cm³/mol. The first kappa shape index (κ1) is 25.4. The molecule has 1 amide bonds. The third kappa shape index (κ3) is 6.40. The van der Waals surface area contributed by atoms with Gasteiger partial charge in [0.05, 0.1) is 0 Å². The lowest BCUT2D eigenvalue weighted by Gasteiger charge is -2.16. The number of benzene rings is 2. The summed E-state index contributed by atoms with van der Waals surface area (Å²) in [6.45, 7) is 6.12. The lowest BCUT2D eigenvalue weighted by atomic mass is 10.0. The number of rotatable bonds is 10. The molecular weight excluding hydrogens is 436 g/mol. The zero-order valence-electron chi connectivity index (χ0n) is 20.3. The summed E-state index contributed by atoms with van der Waals surface area (Å²) in [4.78, 5) is 17.8. The van der Waals surface area contributed by atoms with Crippen LogP contribution in [0, 0.1) is 20.8 Å². The molecule has 182 valence electrons. The second-order valence-electron chi connectivity index (χ2n) is 8.67. The number of aliphatic hydroxyl groups excluding tert-OH is 2. The van der Waals surface area contributed by atoms with E-state index in [4.69, 9.17) is 14.4 Å². The summed E-state index contributed by atoms with van der Waals surface area (Å²) < 4.78 is 11.3. The Kier molecular flexibility index (Phi) is 8.38. The van der Waals surface area contributed by atoms with Crippen LogP contribution >= 0.6 is 0 Å². The van der Waals surface area contributed by atoms with Crippen molar-refractivity contribution >= 4 is 5.91 Å². The number of aromatic nitrogens is 2. The summed E-state index contributed by atoms with van der Waals surface area (Å²) in [5.41, 5.74) is 5.80. The van der Waals surface area contributed by atoms with Crippen molar-refractivity contribution in [2.24, 2.45) is 0 Å². The van der Waals surface area contributed by atoms with Crippen LogP contribution in [0.15, 0.2) is 34.9 Å². The molecule has 0 fully saturated rings. The number of aryl methyl sites for hydroxylation is 3. The monoisotopic (exact) mass is 468 g/mol. The quantitative estimate of drug-likeness (QED) is 0.414. The normalized spacial score (nSPS) is 12.1. The molecule has 0 bridgehead atoms. The molecule has 9 heteroatoms. The molecule has 34 heavy (non-hydrogen) atoms. The second-order valence-corrected chi connectivity index (χ2v) is 8.67. The highest BCUT2D eigenvalue weighted by molar-refractivity contribution is 5.76. The first-order chi connectivity index (χ1) is 16.2. The van der Waals surface area contributed by atoms with Crippen LogP contribution in [-0.2, 0) is 11.3 Å². The van der Waals surface area contributed by atoms with Gasteiger partial charge >= 0.3 is 0 Å². The lowest BCUT2D eigenvalue weighted by Crippen LogP contribution is -2.36. The first-order valence-electron chi connectivity index (χ1n) is 11.1. The van der Waals surface area contributed by atoms with E-state index in [1.54, 1.807) is 0 Å². The van der Waals surface area contributed by atoms with Crippen LogP contribution < -0.4 is 10.1 Å². The Morgan fingerprint density at radius 1 is 1.12 bits per heavy atom. The number of amides is 1. The molecule has 2 aromatic carbocycles. The highest BCUT2D eigenvalue weighted by atomic mass is 16.5. The Labute approximate surface area is 199 Å². The van der Waals surface area contributed by atoms with Gasteiger partial charge in [0.25, 0.3) is 5.89 Å². The number of carbonyl (C=O) groups excluding carboxylic acids is 1. The molecule has 9 nitrogen and oxygen atoms in total. The average Bonchev–Trinajstić information content (AvgIpc) is 3.28. The Bertz CT molecular complexity index is 1120. The van der Waals surface area contributed by atoms with Crippen molar-refractivity contribution in [2.45, 2.75) is 33.4 Å². The predicted octanol–water partition coefficient (Wildman–Crippen LogP) is 2.24. The number of ether oxygens (including phenoxy) is 1. The maximum atomic E-state index is 11.1. The maximum absolute atomic E-state index is 11.1. The van der Waals surface area contributed by atoms with Crippen molar-refractivity contribution in [2.75, 3.05) is 33.9 Å². The minimum Gasteiger partial charge on any atom is -0.490 e. The Balaban J connectivity index is 1.72. The van der Waals surface area contributed by atoms with E-state index in [0.29, 0.717) is 17.5 Å². The molecule has 0 radical (unpaired) electrons. The Morgan fingerprint density at radius 2 is 1.79 bits per heavy atom. The molecule has 3 rings (SSSR count). The van der Waals surface area contributed by atoms with Gasteiger partial charge in [-0.2, -0.15) is 4.98 Å². The van der Waals surface area contributed by atoms with Gasteiger partial charge in [0.1, 0.15) is 25.1 Å². The van der Waals surface area contributed by atoms with E-state index in [-0.39, 0.29) is 13.2 Å². The molecule has 3 N–H and O–H groups in total. The maximum Gasteiger partial charge on any atom is 0.258 e. The van der Waals surface area contributed by atoms with Crippen molar-refractivity contribution < 1.29 is 24.3 Å². The van der Waals surface area contributed by atoms with Crippen LogP contribution in [0.25, 0.3) is 22.8 Å². The molecule has 0 spiro atoms. The first-order valence-corrected chi connectivity index (χ1v) is 11.1. The fourth-order valence-corrected chi connectivity index (χ4v) is 3.64. The molecule has 0 saturated carbocycles. The van der Waals surface area contributed by atoms with Gasteiger partial charge < -0.3 is 29.7 Å². The second kappa shape index (κ2) is 11.2. The largest absolute Gasteiger partial charge is 0.490 e. The van der Waals surface area contributed by atoms with Crippen LogP contribution in [0.2, 0.25) is 0 Å².